The molecule has 0 spiro atoms. The number of sulfonamides is 1. The maximum Gasteiger partial charge on any atom is 0.330 e. The molecule has 3 rings (SSSR count). The van der Waals surface area contributed by atoms with Gasteiger partial charge in [0.1, 0.15) is 4.90 Å². The van der Waals surface area contributed by atoms with Crippen LogP contribution in [0.15, 0.2) is 34.6 Å². The molecule has 0 bridgehead atoms. The van der Waals surface area contributed by atoms with Crippen molar-refractivity contribution < 1.29 is 27.4 Å². The van der Waals surface area contributed by atoms with Gasteiger partial charge in [-0.3, -0.25) is 0 Å². The van der Waals surface area contributed by atoms with Gasteiger partial charge < -0.3 is 14.2 Å². The summed E-state index contributed by atoms with van der Waals surface area (Å²) >= 11 is 1.66. The van der Waals surface area contributed by atoms with Gasteiger partial charge in [0.2, 0.25) is 10.0 Å². The second-order valence-electron chi connectivity index (χ2n) is 6.70. The Kier molecular flexibility index (Phi) is 6.84. The molecular formula is C21H25NO6S2. The Morgan fingerprint density at radius 2 is 2.03 bits per heavy atom. The lowest BCUT2D eigenvalue weighted by Crippen LogP contribution is -2.39. The first kappa shape index (κ1) is 22.3. The summed E-state index contributed by atoms with van der Waals surface area (Å²) in [6, 6.07) is 4.87. The number of hydrogen-bond acceptors (Lipinski definition) is 7. The Morgan fingerprint density at radius 1 is 1.27 bits per heavy atom. The van der Waals surface area contributed by atoms with Gasteiger partial charge in [-0.15, -0.1) is 11.3 Å². The van der Waals surface area contributed by atoms with Crippen molar-refractivity contribution in [1.82, 2.24) is 4.31 Å². The van der Waals surface area contributed by atoms with Crippen LogP contribution in [-0.4, -0.2) is 46.6 Å². The summed E-state index contributed by atoms with van der Waals surface area (Å²) in [5.74, 6) is -0.135. The molecule has 0 aliphatic carbocycles. The third-order valence-electron chi connectivity index (χ3n) is 5.10. The molecule has 2 aromatic rings. The van der Waals surface area contributed by atoms with E-state index in [2.05, 4.69) is 4.74 Å². The quantitative estimate of drug-likeness (QED) is 0.472. The third kappa shape index (κ3) is 4.10. The second-order valence-corrected chi connectivity index (χ2v) is 9.56. The van der Waals surface area contributed by atoms with Crippen LogP contribution >= 0.6 is 11.3 Å². The highest BCUT2D eigenvalue weighted by molar-refractivity contribution is 7.89. The van der Waals surface area contributed by atoms with Gasteiger partial charge >= 0.3 is 5.97 Å². The zero-order valence-electron chi connectivity index (χ0n) is 17.4. The maximum atomic E-state index is 13.8. The van der Waals surface area contributed by atoms with E-state index >= 15 is 0 Å². The van der Waals surface area contributed by atoms with E-state index in [0.717, 1.165) is 5.56 Å². The Labute approximate surface area is 180 Å². The number of carbonyl (C=O) groups is 1. The number of esters is 1. The van der Waals surface area contributed by atoms with Crippen LogP contribution in [0.5, 0.6) is 11.5 Å². The number of nitrogens with zero attached hydrogens (tertiary/aromatic N) is 1. The number of rotatable bonds is 7. The molecular weight excluding hydrogens is 426 g/mol. The topological polar surface area (TPSA) is 82.1 Å². The summed E-state index contributed by atoms with van der Waals surface area (Å²) in [7, 11) is 0.220. The molecule has 1 aromatic carbocycles. The maximum absolute atomic E-state index is 13.8. The molecule has 9 heteroatoms. The van der Waals surface area contributed by atoms with Crippen LogP contribution in [0.3, 0.4) is 0 Å². The number of fused-ring (bicyclic) bond motifs is 1. The zero-order chi connectivity index (χ0) is 21.9. The average molecular weight is 452 g/mol. The van der Waals surface area contributed by atoms with Gasteiger partial charge in [-0.05, 0) is 53.6 Å². The van der Waals surface area contributed by atoms with Crippen LogP contribution in [0.1, 0.15) is 35.4 Å². The fourth-order valence-electron chi connectivity index (χ4n) is 3.68. The monoisotopic (exact) mass is 451 g/mol. The van der Waals surface area contributed by atoms with Gasteiger partial charge in [0.25, 0.3) is 0 Å². The van der Waals surface area contributed by atoms with E-state index in [1.54, 1.807) is 17.4 Å². The minimum atomic E-state index is -3.90. The van der Waals surface area contributed by atoms with Crippen molar-refractivity contribution in [2.24, 2.45) is 0 Å². The number of methoxy groups -OCH3 is 3. The van der Waals surface area contributed by atoms with Crippen molar-refractivity contribution >= 4 is 33.4 Å². The molecule has 30 heavy (non-hydrogen) atoms. The Bertz CT molecular complexity index is 1060. The summed E-state index contributed by atoms with van der Waals surface area (Å²) < 4.78 is 44.5. The average Bonchev–Trinajstić information content (AvgIpc) is 3.24. The highest BCUT2D eigenvalue weighted by atomic mass is 32.2. The van der Waals surface area contributed by atoms with Crippen LogP contribution in [0, 0.1) is 0 Å². The smallest absolute Gasteiger partial charge is 0.330 e. The third-order valence-corrected chi connectivity index (χ3v) is 8.01. The number of thiophene rings is 1. The van der Waals surface area contributed by atoms with Crippen molar-refractivity contribution in [3.05, 3.63) is 45.7 Å². The zero-order valence-corrected chi connectivity index (χ0v) is 19.0. The molecule has 0 amide bonds. The lowest BCUT2D eigenvalue weighted by molar-refractivity contribution is -0.134. The minimum absolute atomic E-state index is 0.00555. The van der Waals surface area contributed by atoms with Crippen molar-refractivity contribution in [1.29, 1.82) is 0 Å². The standard InChI is InChI=1S/C21H25NO6S2/c1-5-16-15-9-11-29-18(15)8-10-22(16)30(24,25)19-13-14(6-7-20(23)27-3)12-17(26-2)21(19)28-4/h6-7,9,11-13,16H,5,8,10H2,1-4H3/b7-6+. The van der Waals surface area contributed by atoms with Gasteiger partial charge in [-0.1, -0.05) is 6.92 Å². The minimum Gasteiger partial charge on any atom is -0.493 e. The molecule has 1 aliphatic heterocycles. The fourth-order valence-corrected chi connectivity index (χ4v) is 6.49. The molecule has 0 fully saturated rings. The summed E-state index contributed by atoms with van der Waals surface area (Å²) in [6.45, 7) is 2.37. The van der Waals surface area contributed by atoms with Gasteiger partial charge in [0.05, 0.1) is 27.4 Å². The van der Waals surface area contributed by atoms with Gasteiger partial charge in [-0.25, -0.2) is 13.2 Å². The molecule has 7 nitrogen and oxygen atoms in total. The molecule has 1 atom stereocenters. The van der Waals surface area contributed by atoms with Crippen LogP contribution < -0.4 is 9.47 Å². The summed E-state index contributed by atoms with van der Waals surface area (Å²) in [6.07, 6.45) is 4.04. The van der Waals surface area contributed by atoms with E-state index < -0.39 is 16.0 Å². The lowest BCUT2D eigenvalue weighted by atomic mass is 10.0. The molecule has 0 radical (unpaired) electrons. The Balaban J connectivity index is 2.12. The van der Waals surface area contributed by atoms with E-state index in [0.29, 0.717) is 24.9 Å². The van der Waals surface area contributed by atoms with Crippen molar-refractivity contribution in [2.75, 3.05) is 27.9 Å². The van der Waals surface area contributed by atoms with Gasteiger partial charge in [-0.2, -0.15) is 4.31 Å². The van der Waals surface area contributed by atoms with E-state index in [4.69, 9.17) is 9.47 Å². The molecule has 0 saturated heterocycles. The van der Waals surface area contributed by atoms with Crippen LogP contribution in [0.4, 0.5) is 0 Å². The first-order valence-corrected chi connectivity index (χ1v) is 11.8. The van der Waals surface area contributed by atoms with E-state index in [1.165, 1.54) is 48.7 Å². The first-order valence-electron chi connectivity index (χ1n) is 9.47. The molecule has 0 N–H and O–H groups in total. The number of carbonyl (C=O) groups excluding carboxylic acids is 1. The van der Waals surface area contributed by atoms with E-state index in [9.17, 15) is 13.2 Å². The molecule has 2 heterocycles. The summed E-state index contributed by atoms with van der Waals surface area (Å²) in [5, 5.41) is 2.01. The van der Waals surface area contributed by atoms with Crippen LogP contribution in [0.2, 0.25) is 0 Å². The van der Waals surface area contributed by atoms with E-state index in [1.807, 2.05) is 18.4 Å². The van der Waals surface area contributed by atoms with Crippen LogP contribution in [0.25, 0.3) is 6.08 Å². The highest BCUT2D eigenvalue weighted by Gasteiger charge is 2.38. The van der Waals surface area contributed by atoms with Gasteiger partial charge in [0.15, 0.2) is 11.5 Å². The Hall–Kier alpha value is -2.36. The van der Waals surface area contributed by atoms with Crippen molar-refractivity contribution in [3.8, 4) is 11.5 Å². The highest BCUT2D eigenvalue weighted by Crippen LogP contribution is 2.43. The van der Waals surface area contributed by atoms with Crippen molar-refractivity contribution in [3.63, 3.8) is 0 Å². The predicted octanol–water partition coefficient (Wildman–Crippen LogP) is 3.65. The fraction of sp³-hybridized carbons (Fsp3) is 0.381. The summed E-state index contributed by atoms with van der Waals surface area (Å²) in [4.78, 5) is 12.7. The molecule has 1 aliphatic rings. The van der Waals surface area contributed by atoms with Gasteiger partial charge in [0, 0.05) is 17.5 Å². The second kappa shape index (κ2) is 9.20. The molecule has 0 saturated carbocycles. The first-order chi connectivity index (χ1) is 14.4. The van der Waals surface area contributed by atoms with Crippen LogP contribution in [-0.2, 0) is 26.0 Å². The molecule has 1 unspecified atom stereocenters. The predicted molar refractivity (Wildman–Crippen MR) is 116 cm³/mol. The Morgan fingerprint density at radius 3 is 2.67 bits per heavy atom. The lowest BCUT2D eigenvalue weighted by Gasteiger charge is -2.34. The van der Waals surface area contributed by atoms with Crippen molar-refractivity contribution in [2.45, 2.75) is 30.7 Å². The summed E-state index contributed by atoms with van der Waals surface area (Å²) in [5.41, 5.74) is 1.54. The largest absolute Gasteiger partial charge is 0.493 e. The normalized spacial score (nSPS) is 17.0. The number of ether oxygens (including phenoxy) is 3. The van der Waals surface area contributed by atoms with E-state index in [-0.39, 0.29) is 22.4 Å². The number of hydrogen-bond donors (Lipinski definition) is 0. The molecule has 162 valence electrons. The SMILES string of the molecule is CCC1c2ccsc2CCN1S(=O)(=O)c1cc(/C=C/C(=O)OC)cc(OC)c1OC. The number of benzene rings is 1. The molecule has 1 aromatic heterocycles.